The summed E-state index contributed by atoms with van der Waals surface area (Å²) in [6.45, 7) is 0. The summed E-state index contributed by atoms with van der Waals surface area (Å²) in [5.74, 6) is 0.256. The van der Waals surface area contributed by atoms with Gasteiger partial charge in [0.25, 0.3) is 0 Å². The second-order valence-corrected chi connectivity index (χ2v) is 3.74. The molecule has 0 aliphatic heterocycles. The van der Waals surface area contributed by atoms with Crippen molar-refractivity contribution in [3.63, 3.8) is 0 Å². The smallest absolute Gasteiger partial charge is 0.485 e. The monoisotopic (exact) mass is 231 g/mol. The molecule has 1 aliphatic carbocycles. The summed E-state index contributed by atoms with van der Waals surface area (Å²) in [6.07, 6.45) is -3.19. The van der Waals surface area contributed by atoms with E-state index in [2.05, 4.69) is 0 Å². The van der Waals surface area contributed by atoms with E-state index in [9.17, 15) is 13.2 Å². The Hall–Kier alpha value is -1.39. The van der Waals surface area contributed by atoms with Crippen molar-refractivity contribution < 1.29 is 17.9 Å². The van der Waals surface area contributed by atoms with E-state index >= 15 is 0 Å². The van der Waals surface area contributed by atoms with E-state index in [1.165, 1.54) is 19.2 Å². The van der Waals surface area contributed by atoms with Crippen LogP contribution in [0.25, 0.3) is 0 Å². The lowest BCUT2D eigenvalue weighted by atomic mass is 10.2. The molecule has 2 rings (SSSR count). The highest BCUT2D eigenvalue weighted by molar-refractivity contribution is 5.60. The van der Waals surface area contributed by atoms with Crippen molar-refractivity contribution in [2.75, 3.05) is 12.0 Å². The molecule has 0 spiro atoms. The summed E-state index contributed by atoms with van der Waals surface area (Å²) in [5, 5.41) is 0. The minimum absolute atomic E-state index is 0.0972. The predicted molar refractivity (Wildman–Crippen MR) is 54.6 cm³/mol. The highest BCUT2D eigenvalue weighted by atomic mass is 19.4. The summed E-state index contributed by atoms with van der Waals surface area (Å²) < 4.78 is 43.6. The van der Waals surface area contributed by atoms with Crippen LogP contribution in [-0.2, 0) is 0 Å². The SMILES string of the molecule is COc1ccccc1N(C1CC1)C(F)(F)F. The Kier molecular flexibility index (Phi) is 2.69. The van der Waals surface area contributed by atoms with Gasteiger partial charge in [-0.15, -0.1) is 0 Å². The van der Waals surface area contributed by atoms with E-state index in [0.717, 1.165) is 0 Å². The first-order valence-corrected chi connectivity index (χ1v) is 5.03. The molecule has 0 heterocycles. The van der Waals surface area contributed by atoms with Crippen molar-refractivity contribution in [3.8, 4) is 5.75 Å². The molecule has 16 heavy (non-hydrogen) atoms. The molecule has 1 fully saturated rings. The van der Waals surface area contributed by atoms with E-state index in [0.29, 0.717) is 17.7 Å². The Labute approximate surface area is 91.6 Å². The van der Waals surface area contributed by atoms with Gasteiger partial charge < -0.3 is 4.74 Å². The number of halogens is 3. The Balaban J connectivity index is 2.38. The van der Waals surface area contributed by atoms with Crippen LogP contribution in [0.2, 0.25) is 0 Å². The number of hydrogen-bond donors (Lipinski definition) is 0. The van der Waals surface area contributed by atoms with Crippen LogP contribution in [0.15, 0.2) is 24.3 Å². The van der Waals surface area contributed by atoms with Gasteiger partial charge >= 0.3 is 6.30 Å². The molecule has 0 aromatic heterocycles. The average Bonchev–Trinajstić information content (AvgIpc) is 3.01. The molecule has 0 radical (unpaired) electrons. The fourth-order valence-electron chi connectivity index (χ4n) is 1.70. The molecule has 0 amide bonds. The third-order valence-electron chi connectivity index (χ3n) is 2.53. The van der Waals surface area contributed by atoms with Crippen molar-refractivity contribution in [1.82, 2.24) is 0 Å². The van der Waals surface area contributed by atoms with E-state index < -0.39 is 12.3 Å². The van der Waals surface area contributed by atoms with E-state index in [1.54, 1.807) is 12.1 Å². The third kappa shape index (κ3) is 2.08. The lowest BCUT2D eigenvalue weighted by Gasteiger charge is -2.28. The zero-order valence-corrected chi connectivity index (χ0v) is 8.79. The average molecular weight is 231 g/mol. The van der Waals surface area contributed by atoms with Crippen LogP contribution in [-0.4, -0.2) is 19.5 Å². The summed E-state index contributed by atoms with van der Waals surface area (Å²) in [7, 11) is 1.38. The molecule has 0 bridgehead atoms. The van der Waals surface area contributed by atoms with Crippen LogP contribution in [0.5, 0.6) is 5.75 Å². The van der Waals surface area contributed by atoms with Crippen LogP contribution in [0.4, 0.5) is 18.9 Å². The second kappa shape index (κ2) is 3.88. The normalized spacial score (nSPS) is 16.0. The first-order chi connectivity index (χ1) is 7.54. The van der Waals surface area contributed by atoms with Crippen molar-refractivity contribution in [3.05, 3.63) is 24.3 Å². The number of nitrogens with zero attached hydrogens (tertiary/aromatic N) is 1. The zero-order chi connectivity index (χ0) is 11.8. The first kappa shape index (κ1) is 11.1. The van der Waals surface area contributed by atoms with Gasteiger partial charge in [0.1, 0.15) is 5.75 Å². The van der Waals surface area contributed by atoms with Gasteiger partial charge in [-0.25, -0.2) is 0 Å². The maximum Gasteiger partial charge on any atom is 0.485 e. The maximum absolute atomic E-state index is 12.9. The molecule has 2 nitrogen and oxygen atoms in total. The molecule has 0 saturated heterocycles. The van der Waals surface area contributed by atoms with E-state index in [4.69, 9.17) is 4.74 Å². The number of alkyl halides is 3. The number of benzene rings is 1. The zero-order valence-electron chi connectivity index (χ0n) is 8.79. The second-order valence-electron chi connectivity index (χ2n) is 3.74. The fraction of sp³-hybridized carbons (Fsp3) is 0.455. The van der Waals surface area contributed by atoms with Gasteiger partial charge in [0, 0.05) is 6.04 Å². The van der Waals surface area contributed by atoms with Crippen LogP contribution in [0.1, 0.15) is 12.8 Å². The van der Waals surface area contributed by atoms with E-state index in [1.807, 2.05) is 0 Å². The molecule has 0 unspecified atom stereocenters. The molecule has 0 atom stereocenters. The van der Waals surface area contributed by atoms with Crippen LogP contribution in [0.3, 0.4) is 0 Å². The van der Waals surface area contributed by atoms with Crippen molar-refractivity contribution in [2.24, 2.45) is 0 Å². The van der Waals surface area contributed by atoms with Crippen LogP contribution < -0.4 is 9.64 Å². The number of ether oxygens (including phenoxy) is 1. The van der Waals surface area contributed by atoms with Crippen LogP contribution in [0, 0.1) is 0 Å². The van der Waals surface area contributed by atoms with Gasteiger partial charge in [-0.3, -0.25) is 4.90 Å². The van der Waals surface area contributed by atoms with Gasteiger partial charge in [0.15, 0.2) is 0 Å². The maximum atomic E-state index is 12.9. The molecule has 1 aromatic rings. The summed E-state index contributed by atoms with van der Waals surface area (Å²) in [5.41, 5.74) is 0.0972. The number of hydrogen-bond acceptors (Lipinski definition) is 2. The highest BCUT2D eigenvalue weighted by Gasteiger charge is 2.47. The number of rotatable bonds is 3. The number of methoxy groups -OCH3 is 1. The van der Waals surface area contributed by atoms with Gasteiger partial charge in [0.05, 0.1) is 12.8 Å². The van der Waals surface area contributed by atoms with Gasteiger partial charge in [0.2, 0.25) is 0 Å². The molecule has 0 N–H and O–H groups in total. The quantitative estimate of drug-likeness (QED) is 0.741. The van der Waals surface area contributed by atoms with Gasteiger partial charge in [-0.05, 0) is 25.0 Å². The fourth-order valence-corrected chi connectivity index (χ4v) is 1.70. The first-order valence-electron chi connectivity index (χ1n) is 5.03. The van der Waals surface area contributed by atoms with Crippen molar-refractivity contribution in [2.45, 2.75) is 25.2 Å². The van der Waals surface area contributed by atoms with Crippen molar-refractivity contribution in [1.29, 1.82) is 0 Å². The molecule has 5 heteroatoms. The molecule has 88 valence electrons. The third-order valence-corrected chi connectivity index (χ3v) is 2.53. The largest absolute Gasteiger partial charge is 0.495 e. The Morgan fingerprint density at radius 2 is 1.88 bits per heavy atom. The molecule has 1 aliphatic rings. The standard InChI is InChI=1S/C11H12F3NO/c1-16-10-5-3-2-4-9(10)15(8-6-7-8)11(12,13)14/h2-5,8H,6-7H2,1H3. The highest BCUT2D eigenvalue weighted by Crippen LogP contribution is 2.43. The molecular formula is C11H12F3NO. The Bertz CT molecular complexity index is 374. The molecular weight excluding hydrogens is 219 g/mol. The predicted octanol–water partition coefficient (Wildman–Crippen LogP) is 3.18. The van der Waals surface area contributed by atoms with Gasteiger partial charge in [-0.2, -0.15) is 13.2 Å². The van der Waals surface area contributed by atoms with Crippen molar-refractivity contribution >= 4 is 5.69 Å². The Morgan fingerprint density at radius 1 is 1.25 bits per heavy atom. The number of para-hydroxylation sites is 2. The van der Waals surface area contributed by atoms with E-state index in [-0.39, 0.29) is 11.4 Å². The summed E-state index contributed by atoms with van der Waals surface area (Å²) in [4.78, 5) is 0.492. The van der Waals surface area contributed by atoms with Gasteiger partial charge in [-0.1, -0.05) is 12.1 Å². The summed E-state index contributed by atoms with van der Waals surface area (Å²) >= 11 is 0. The molecule has 1 aromatic carbocycles. The minimum atomic E-state index is -4.35. The Morgan fingerprint density at radius 3 is 2.38 bits per heavy atom. The number of anilines is 1. The topological polar surface area (TPSA) is 12.5 Å². The lowest BCUT2D eigenvalue weighted by Crippen LogP contribution is -2.40. The van der Waals surface area contributed by atoms with Crippen LogP contribution >= 0.6 is 0 Å². The molecule has 1 saturated carbocycles. The summed E-state index contributed by atoms with van der Waals surface area (Å²) in [6, 6.07) is 5.78. The lowest BCUT2D eigenvalue weighted by molar-refractivity contribution is -0.130. The minimum Gasteiger partial charge on any atom is -0.495 e.